The minimum Gasteiger partial charge on any atom is -0.493 e. The van der Waals surface area contributed by atoms with Gasteiger partial charge in [-0.3, -0.25) is 4.79 Å². The van der Waals surface area contributed by atoms with Gasteiger partial charge >= 0.3 is 0 Å². The first-order valence-corrected chi connectivity index (χ1v) is 8.24. The van der Waals surface area contributed by atoms with Crippen LogP contribution in [0.4, 0.5) is 11.6 Å². The van der Waals surface area contributed by atoms with E-state index in [4.69, 9.17) is 9.47 Å². The molecule has 1 heterocycles. The fraction of sp³-hybridized carbons (Fsp3) is 0.389. The average Bonchev–Trinajstić information content (AvgIpc) is 2.65. The summed E-state index contributed by atoms with van der Waals surface area (Å²) in [5.74, 6) is 2.35. The first-order chi connectivity index (χ1) is 12.2. The number of carbonyl (C=O) groups excluding carboxylic acids is 1. The SMILES string of the molecule is CCCNc1ccc(NC(=O)CCc2ccc(OC)c(OC)c2)nn1. The number of hydrogen-bond acceptors (Lipinski definition) is 6. The quantitative estimate of drug-likeness (QED) is 0.727. The number of amides is 1. The molecule has 25 heavy (non-hydrogen) atoms. The summed E-state index contributed by atoms with van der Waals surface area (Å²) in [4.78, 5) is 12.1. The summed E-state index contributed by atoms with van der Waals surface area (Å²) in [6.45, 7) is 2.92. The van der Waals surface area contributed by atoms with Crippen molar-refractivity contribution in [2.75, 3.05) is 31.4 Å². The second-order valence-corrected chi connectivity index (χ2v) is 5.47. The Labute approximate surface area is 147 Å². The van der Waals surface area contributed by atoms with E-state index in [1.807, 2.05) is 18.2 Å². The average molecular weight is 344 g/mol. The van der Waals surface area contributed by atoms with Crippen LogP contribution in [0.25, 0.3) is 0 Å². The Kier molecular flexibility index (Phi) is 7.00. The van der Waals surface area contributed by atoms with E-state index >= 15 is 0 Å². The number of nitrogens with one attached hydrogen (secondary N) is 2. The molecule has 134 valence electrons. The van der Waals surface area contributed by atoms with Crippen LogP contribution >= 0.6 is 0 Å². The van der Waals surface area contributed by atoms with Crippen molar-refractivity contribution in [3.05, 3.63) is 35.9 Å². The van der Waals surface area contributed by atoms with Gasteiger partial charge in [0.05, 0.1) is 14.2 Å². The first kappa shape index (κ1) is 18.5. The first-order valence-electron chi connectivity index (χ1n) is 8.24. The van der Waals surface area contributed by atoms with Crippen molar-refractivity contribution in [3.63, 3.8) is 0 Å². The Hall–Kier alpha value is -2.83. The zero-order valence-corrected chi connectivity index (χ0v) is 14.8. The minimum atomic E-state index is -0.113. The number of hydrogen-bond donors (Lipinski definition) is 2. The summed E-state index contributed by atoms with van der Waals surface area (Å²) < 4.78 is 10.5. The van der Waals surface area contributed by atoms with Crippen LogP contribution in [0, 0.1) is 0 Å². The van der Waals surface area contributed by atoms with Crippen molar-refractivity contribution in [2.45, 2.75) is 26.2 Å². The molecule has 0 spiro atoms. The maximum atomic E-state index is 12.1. The van der Waals surface area contributed by atoms with E-state index < -0.39 is 0 Å². The predicted octanol–water partition coefficient (Wildman–Crippen LogP) is 2.89. The molecule has 1 amide bonds. The number of nitrogens with zero attached hydrogens (tertiary/aromatic N) is 2. The van der Waals surface area contributed by atoms with Crippen molar-refractivity contribution in [1.82, 2.24) is 10.2 Å². The lowest BCUT2D eigenvalue weighted by atomic mass is 10.1. The second kappa shape index (κ2) is 9.46. The zero-order valence-electron chi connectivity index (χ0n) is 14.8. The van der Waals surface area contributed by atoms with Gasteiger partial charge in [-0.2, -0.15) is 0 Å². The highest BCUT2D eigenvalue weighted by Gasteiger charge is 2.08. The highest BCUT2D eigenvalue weighted by molar-refractivity contribution is 5.89. The lowest BCUT2D eigenvalue weighted by Gasteiger charge is -2.09. The van der Waals surface area contributed by atoms with Gasteiger partial charge in [0.25, 0.3) is 0 Å². The van der Waals surface area contributed by atoms with E-state index in [1.165, 1.54) is 0 Å². The summed E-state index contributed by atoms with van der Waals surface area (Å²) in [7, 11) is 3.18. The van der Waals surface area contributed by atoms with E-state index in [0.717, 1.165) is 18.5 Å². The number of anilines is 2. The van der Waals surface area contributed by atoms with Crippen molar-refractivity contribution in [3.8, 4) is 11.5 Å². The molecule has 0 atom stereocenters. The van der Waals surface area contributed by atoms with Crippen molar-refractivity contribution in [2.24, 2.45) is 0 Å². The molecule has 7 nitrogen and oxygen atoms in total. The van der Waals surface area contributed by atoms with Gasteiger partial charge in [0.15, 0.2) is 17.3 Å². The number of ether oxygens (including phenoxy) is 2. The van der Waals surface area contributed by atoms with E-state index in [0.29, 0.717) is 36.0 Å². The molecule has 1 aromatic carbocycles. The van der Waals surface area contributed by atoms with Crippen molar-refractivity contribution < 1.29 is 14.3 Å². The van der Waals surface area contributed by atoms with Crippen LogP contribution in [0.5, 0.6) is 11.5 Å². The summed E-state index contributed by atoms with van der Waals surface area (Å²) in [6, 6.07) is 9.16. The second-order valence-electron chi connectivity index (χ2n) is 5.47. The fourth-order valence-corrected chi connectivity index (χ4v) is 2.25. The summed E-state index contributed by atoms with van der Waals surface area (Å²) in [6.07, 6.45) is 1.94. The predicted molar refractivity (Wildman–Crippen MR) is 97.3 cm³/mol. The molecule has 2 N–H and O–H groups in total. The molecule has 7 heteroatoms. The maximum absolute atomic E-state index is 12.1. The summed E-state index contributed by atoms with van der Waals surface area (Å²) in [5.41, 5.74) is 0.998. The Morgan fingerprint density at radius 1 is 1.04 bits per heavy atom. The van der Waals surface area contributed by atoms with Gasteiger partial charge < -0.3 is 20.1 Å². The molecule has 1 aromatic heterocycles. The largest absolute Gasteiger partial charge is 0.493 e. The Morgan fingerprint density at radius 2 is 1.76 bits per heavy atom. The molecule has 0 radical (unpaired) electrons. The molecule has 2 rings (SSSR count). The van der Waals surface area contributed by atoms with E-state index in [1.54, 1.807) is 26.4 Å². The topological polar surface area (TPSA) is 85.4 Å². The van der Waals surface area contributed by atoms with Crippen LogP contribution < -0.4 is 20.1 Å². The van der Waals surface area contributed by atoms with E-state index in [-0.39, 0.29) is 5.91 Å². The van der Waals surface area contributed by atoms with Crippen LogP contribution in [0.3, 0.4) is 0 Å². The van der Waals surface area contributed by atoms with Crippen LogP contribution in [0.15, 0.2) is 30.3 Å². The van der Waals surface area contributed by atoms with E-state index in [2.05, 4.69) is 27.8 Å². The monoisotopic (exact) mass is 344 g/mol. The summed E-state index contributed by atoms with van der Waals surface area (Å²) >= 11 is 0. The van der Waals surface area contributed by atoms with Crippen LogP contribution in [-0.4, -0.2) is 36.9 Å². The third kappa shape index (κ3) is 5.63. The molecular formula is C18H24N4O3. The molecular weight excluding hydrogens is 320 g/mol. The molecule has 2 aromatic rings. The van der Waals surface area contributed by atoms with Gasteiger partial charge in [0.2, 0.25) is 5.91 Å². The lowest BCUT2D eigenvalue weighted by molar-refractivity contribution is -0.116. The third-order valence-corrected chi connectivity index (χ3v) is 3.58. The molecule has 0 aliphatic rings. The Balaban J connectivity index is 1.86. The van der Waals surface area contributed by atoms with Gasteiger partial charge in [-0.25, -0.2) is 0 Å². The van der Waals surface area contributed by atoms with Gasteiger partial charge in [-0.05, 0) is 42.7 Å². The van der Waals surface area contributed by atoms with Gasteiger partial charge in [-0.1, -0.05) is 13.0 Å². The fourth-order valence-electron chi connectivity index (χ4n) is 2.25. The van der Waals surface area contributed by atoms with Gasteiger partial charge in [-0.15, -0.1) is 10.2 Å². The molecule has 0 saturated carbocycles. The molecule has 0 aliphatic heterocycles. The maximum Gasteiger partial charge on any atom is 0.225 e. The zero-order chi connectivity index (χ0) is 18.1. The number of carbonyl (C=O) groups is 1. The van der Waals surface area contributed by atoms with Gasteiger partial charge in [0, 0.05) is 13.0 Å². The Bertz CT molecular complexity index is 689. The van der Waals surface area contributed by atoms with E-state index in [9.17, 15) is 4.79 Å². The number of benzene rings is 1. The highest BCUT2D eigenvalue weighted by atomic mass is 16.5. The van der Waals surface area contributed by atoms with Crippen LogP contribution in [-0.2, 0) is 11.2 Å². The smallest absolute Gasteiger partial charge is 0.225 e. The molecule has 0 unspecified atom stereocenters. The summed E-state index contributed by atoms with van der Waals surface area (Å²) in [5, 5.41) is 13.9. The number of rotatable bonds is 9. The van der Waals surface area contributed by atoms with Crippen molar-refractivity contribution >= 4 is 17.5 Å². The third-order valence-electron chi connectivity index (χ3n) is 3.58. The minimum absolute atomic E-state index is 0.113. The Morgan fingerprint density at radius 3 is 2.40 bits per heavy atom. The molecule has 0 aliphatic carbocycles. The standard InChI is InChI=1S/C18H24N4O3/c1-4-11-19-16-8-9-17(22-21-16)20-18(23)10-6-13-5-7-14(24-2)15(12-13)25-3/h5,7-9,12H,4,6,10-11H2,1-3H3,(H,19,21)(H,20,22,23). The number of aromatic nitrogens is 2. The van der Waals surface area contributed by atoms with Crippen LogP contribution in [0.1, 0.15) is 25.3 Å². The van der Waals surface area contributed by atoms with Gasteiger partial charge in [0.1, 0.15) is 5.82 Å². The lowest BCUT2D eigenvalue weighted by Crippen LogP contribution is -2.14. The molecule has 0 fully saturated rings. The normalized spacial score (nSPS) is 10.2. The van der Waals surface area contributed by atoms with Crippen molar-refractivity contribution in [1.29, 1.82) is 0 Å². The number of aryl methyl sites for hydroxylation is 1. The van der Waals surface area contributed by atoms with Crippen LogP contribution in [0.2, 0.25) is 0 Å². The molecule has 0 bridgehead atoms. The highest BCUT2D eigenvalue weighted by Crippen LogP contribution is 2.27. The molecule has 0 saturated heterocycles. The number of methoxy groups -OCH3 is 2.